The summed E-state index contributed by atoms with van der Waals surface area (Å²) in [6.07, 6.45) is 4.06. The smallest absolute Gasteiger partial charge is 0.0587 e. The van der Waals surface area contributed by atoms with Crippen LogP contribution < -0.4 is 5.32 Å². The van der Waals surface area contributed by atoms with Gasteiger partial charge in [0.1, 0.15) is 0 Å². The van der Waals surface area contributed by atoms with Crippen molar-refractivity contribution >= 4 is 0 Å². The molecule has 1 unspecified atom stereocenters. The molecule has 1 rings (SSSR count). The van der Waals surface area contributed by atoms with Gasteiger partial charge in [0.2, 0.25) is 0 Å². The van der Waals surface area contributed by atoms with Crippen molar-refractivity contribution in [1.82, 2.24) is 5.32 Å². The third-order valence-corrected chi connectivity index (χ3v) is 3.77. The zero-order valence-corrected chi connectivity index (χ0v) is 10.3. The first kappa shape index (κ1) is 12.9. The summed E-state index contributed by atoms with van der Waals surface area (Å²) in [7, 11) is 3.54. The van der Waals surface area contributed by atoms with Gasteiger partial charge >= 0.3 is 0 Å². The molecule has 0 aromatic carbocycles. The van der Waals surface area contributed by atoms with Crippen LogP contribution in [0.5, 0.6) is 0 Å². The van der Waals surface area contributed by atoms with Gasteiger partial charge in [-0.2, -0.15) is 0 Å². The van der Waals surface area contributed by atoms with Gasteiger partial charge in [-0.15, -0.1) is 0 Å². The summed E-state index contributed by atoms with van der Waals surface area (Å²) >= 11 is 0. The molecule has 1 aliphatic rings. The fourth-order valence-electron chi connectivity index (χ4n) is 2.41. The largest absolute Gasteiger partial charge is 0.384 e. The average Bonchev–Trinajstić information content (AvgIpc) is 2.16. The van der Waals surface area contributed by atoms with Crippen molar-refractivity contribution in [3.8, 4) is 0 Å². The van der Waals surface area contributed by atoms with Gasteiger partial charge in [-0.3, -0.25) is 0 Å². The Morgan fingerprint density at radius 1 is 1.27 bits per heavy atom. The van der Waals surface area contributed by atoms with E-state index in [4.69, 9.17) is 9.47 Å². The Balaban J connectivity index is 2.26. The van der Waals surface area contributed by atoms with Crippen LogP contribution in [-0.4, -0.2) is 40.5 Å². The molecular formula is C12H25NO2. The molecule has 0 radical (unpaired) electrons. The maximum atomic E-state index is 5.26. The molecule has 1 atom stereocenters. The molecule has 0 heterocycles. The van der Waals surface area contributed by atoms with Gasteiger partial charge in [0, 0.05) is 33.9 Å². The number of hydrogen-bond donors (Lipinski definition) is 1. The van der Waals surface area contributed by atoms with Gasteiger partial charge in [-0.1, -0.05) is 13.3 Å². The summed E-state index contributed by atoms with van der Waals surface area (Å²) in [6.45, 7) is 6.06. The van der Waals surface area contributed by atoms with Crippen molar-refractivity contribution in [3.63, 3.8) is 0 Å². The zero-order chi connectivity index (χ0) is 11.1. The zero-order valence-electron chi connectivity index (χ0n) is 10.3. The Kier molecular flexibility index (Phi) is 5.58. The summed E-state index contributed by atoms with van der Waals surface area (Å²) in [4.78, 5) is 0. The number of hydrogen-bond acceptors (Lipinski definition) is 3. The minimum absolute atomic E-state index is 0.490. The molecule has 1 fully saturated rings. The Labute approximate surface area is 93.5 Å². The molecular weight excluding hydrogens is 190 g/mol. The van der Waals surface area contributed by atoms with Gasteiger partial charge in [0.25, 0.3) is 0 Å². The number of rotatable bonds is 8. The quantitative estimate of drug-likeness (QED) is 0.625. The molecule has 0 aliphatic heterocycles. The SMILES string of the molecule is COCCNCC1(C(C)COC)CCC1. The highest BCUT2D eigenvalue weighted by molar-refractivity contribution is 4.93. The van der Waals surface area contributed by atoms with E-state index in [0.29, 0.717) is 11.3 Å². The van der Waals surface area contributed by atoms with Crippen LogP contribution in [0.4, 0.5) is 0 Å². The van der Waals surface area contributed by atoms with Crippen LogP contribution in [-0.2, 0) is 9.47 Å². The van der Waals surface area contributed by atoms with Crippen LogP contribution in [0.3, 0.4) is 0 Å². The molecule has 1 saturated carbocycles. The second-order valence-corrected chi connectivity index (χ2v) is 4.74. The lowest BCUT2D eigenvalue weighted by atomic mass is 9.61. The summed E-state index contributed by atoms with van der Waals surface area (Å²) in [5.41, 5.74) is 0.490. The lowest BCUT2D eigenvalue weighted by Crippen LogP contribution is -2.46. The van der Waals surface area contributed by atoms with E-state index in [2.05, 4.69) is 12.2 Å². The molecule has 0 saturated heterocycles. The number of ether oxygens (including phenoxy) is 2. The minimum atomic E-state index is 0.490. The van der Waals surface area contributed by atoms with Crippen LogP contribution in [0, 0.1) is 11.3 Å². The highest BCUT2D eigenvalue weighted by Crippen LogP contribution is 2.46. The summed E-state index contributed by atoms with van der Waals surface area (Å²) in [6, 6.07) is 0. The van der Waals surface area contributed by atoms with E-state index in [0.717, 1.165) is 26.3 Å². The maximum absolute atomic E-state index is 5.26. The predicted molar refractivity (Wildman–Crippen MR) is 62.1 cm³/mol. The maximum Gasteiger partial charge on any atom is 0.0587 e. The van der Waals surface area contributed by atoms with Gasteiger partial charge in [0.05, 0.1) is 6.61 Å². The van der Waals surface area contributed by atoms with Gasteiger partial charge in [-0.05, 0) is 24.2 Å². The lowest BCUT2D eigenvalue weighted by molar-refractivity contribution is 0.00826. The van der Waals surface area contributed by atoms with Gasteiger partial charge in [-0.25, -0.2) is 0 Å². The molecule has 0 spiro atoms. The van der Waals surface area contributed by atoms with Crippen LogP contribution in [0.1, 0.15) is 26.2 Å². The Bertz CT molecular complexity index is 169. The Morgan fingerprint density at radius 2 is 2.00 bits per heavy atom. The highest BCUT2D eigenvalue weighted by Gasteiger charge is 2.41. The number of nitrogens with one attached hydrogen (secondary N) is 1. The molecule has 90 valence electrons. The van der Waals surface area contributed by atoms with E-state index in [1.807, 2.05) is 0 Å². The van der Waals surface area contributed by atoms with Crippen LogP contribution in [0.15, 0.2) is 0 Å². The second-order valence-electron chi connectivity index (χ2n) is 4.74. The van der Waals surface area contributed by atoms with E-state index in [-0.39, 0.29) is 0 Å². The van der Waals surface area contributed by atoms with Crippen LogP contribution >= 0.6 is 0 Å². The Hall–Kier alpha value is -0.120. The predicted octanol–water partition coefficient (Wildman–Crippen LogP) is 1.68. The van der Waals surface area contributed by atoms with Crippen LogP contribution in [0.25, 0.3) is 0 Å². The van der Waals surface area contributed by atoms with Gasteiger partial charge < -0.3 is 14.8 Å². The first-order valence-electron chi connectivity index (χ1n) is 5.94. The fourth-order valence-corrected chi connectivity index (χ4v) is 2.41. The summed E-state index contributed by atoms with van der Waals surface area (Å²) < 4.78 is 10.3. The minimum Gasteiger partial charge on any atom is -0.384 e. The van der Waals surface area contributed by atoms with E-state index in [1.54, 1.807) is 14.2 Å². The molecule has 0 aromatic rings. The van der Waals surface area contributed by atoms with Crippen molar-refractivity contribution in [2.75, 3.05) is 40.5 Å². The molecule has 1 aliphatic carbocycles. The molecule has 0 bridgehead atoms. The molecule has 0 amide bonds. The van der Waals surface area contributed by atoms with Crippen LogP contribution in [0.2, 0.25) is 0 Å². The lowest BCUT2D eigenvalue weighted by Gasteiger charge is -2.46. The fraction of sp³-hybridized carbons (Fsp3) is 1.00. The molecule has 3 heteroatoms. The number of methoxy groups -OCH3 is 2. The normalized spacial score (nSPS) is 21.0. The van der Waals surface area contributed by atoms with Crippen molar-refractivity contribution in [3.05, 3.63) is 0 Å². The van der Waals surface area contributed by atoms with E-state index in [1.165, 1.54) is 19.3 Å². The van der Waals surface area contributed by atoms with E-state index < -0.39 is 0 Å². The average molecular weight is 215 g/mol. The third-order valence-electron chi connectivity index (χ3n) is 3.77. The monoisotopic (exact) mass is 215 g/mol. The van der Waals surface area contributed by atoms with E-state index in [9.17, 15) is 0 Å². The van der Waals surface area contributed by atoms with E-state index >= 15 is 0 Å². The second kappa shape index (κ2) is 6.46. The summed E-state index contributed by atoms with van der Waals surface area (Å²) in [5, 5.41) is 3.49. The third kappa shape index (κ3) is 3.44. The molecule has 3 nitrogen and oxygen atoms in total. The standard InChI is InChI=1S/C12H25NO2/c1-11(9-15-3)12(5-4-6-12)10-13-7-8-14-2/h11,13H,4-10H2,1-3H3. The first-order valence-corrected chi connectivity index (χ1v) is 5.94. The topological polar surface area (TPSA) is 30.5 Å². The van der Waals surface area contributed by atoms with Crippen molar-refractivity contribution in [1.29, 1.82) is 0 Å². The Morgan fingerprint density at radius 3 is 2.47 bits per heavy atom. The summed E-state index contributed by atoms with van der Waals surface area (Å²) in [5.74, 6) is 0.659. The molecule has 1 N–H and O–H groups in total. The first-order chi connectivity index (χ1) is 7.25. The van der Waals surface area contributed by atoms with Crippen molar-refractivity contribution in [2.24, 2.45) is 11.3 Å². The van der Waals surface area contributed by atoms with Crippen molar-refractivity contribution < 1.29 is 9.47 Å². The van der Waals surface area contributed by atoms with Crippen molar-refractivity contribution in [2.45, 2.75) is 26.2 Å². The highest BCUT2D eigenvalue weighted by atomic mass is 16.5. The molecule has 0 aromatic heterocycles. The molecule has 15 heavy (non-hydrogen) atoms. The van der Waals surface area contributed by atoms with Gasteiger partial charge in [0.15, 0.2) is 0 Å².